The standard InChI is InChI=1S/C26H25ClF2N4O3S/c1-4-21(34)31-7-8-32(14(2)11-31)25-18-10-19(27)22(17-6-5-15(28)9-20(17)29)24-23(18)33(26(35)30-25)16(12-36-3)13-37-24/h4-6,9-10,14,16H,1,7-8,11-13H2,2-3H3/t14-,16-/m0/s1. The normalized spacial score (nSPS) is 19.4. The Labute approximate surface area is 221 Å². The fourth-order valence-electron chi connectivity index (χ4n) is 5.14. The molecular formula is C26H25ClF2N4O3S. The third-order valence-electron chi connectivity index (χ3n) is 6.83. The van der Waals surface area contributed by atoms with Gasteiger partial charge in [-0.2, -0.15) is 4.98 Å². The van der Waals surface area contributed by atoms with Gasteiger partial charge in [-0.25, -0.2) is 13.6 Å². The molecule has 1 aromatic heterocycles. The summed E-state index contributed by atoms with van der Waals surface area (Å²) in [6.07, 6.45) is 1.29. The summed E-state index contributed by atoms with van der Waals surface area (Å²) in [5, 5.41) is 0.918. The topological polar surface area (TPSA) is 67.7 Å². The largest absolute Gasteiger partial charge is 0.383 e. The van der Waals surface area contributed by atoms with Crippen LogP contribution in [-0.2, 0) is 9.53 Å². The van der Waals surface area contributed by atoms with Gasteiger partial charge in [0.1, 0.15) is 17.5 Å². The number of benzene rings is 2. The first kappa shape index (κ1) is 25.7. The lowest BCUT2D eigenvalue weighted by Gasteiger charge is -2.41. The average molecular weight is 547 g/mol. The lowest BCUT2D eigenvalue weighted by atomic mass is 10.0. The highest BCUT2D eigenvalue weighted by Gasteiger charge is 2.33. The van der Waals surface area contributed by atoms with E-state index in [0.29, 0.717) is 59.2 Å². The van der Waals surface area contributed by atoms with Gasteiger partial charge in [-0.05, 0) is 31.2 Å². The van der Waals surface area contributed by atoms with Crippen LogP contribution in [0.3, 0.4) is 0 Å². The summed E-state index contributed by atoms with van der Waals surface area (Å²) < 4.78 is 35.6. The van der Waals surface area contributed by atoms with Crippen molar-refractivity contribution in [1.82, 2.24) is 14.5 Å². The number of piperazine rings is 1. The first-order valence-corrected chi connectivity index (χ1v) is 13.1. The molecule has 194 valence electrons. The van der Waals surface area contributed by atoms with Gasteiger partial charge in [0.2, 0.25) is 5.91 Å². The maximum atomic E-state index is 14.9. The molecule has 2 aliphatic heterocycles. The van der Waals surface area contributed by atoms with E-state index < -0.39 is 17.3 Å². The molecule has 5 rings (SSSR count). The number of ether oxygens (including phenoxy) is 1. The first-order chi connectivity index (χ1) is 17.7. The third kappa shape index (κ3) is 4.41. The van der Waals surface area contributed by atoms with Gasteiger partial charge in [0, 0.05) is 66.0 Å². The number of rotatable bonds is 5. The van der Waals surface area contributed by atoms with E-state index in [1.54, 1.807) is 22.6 Å². The Bertz CT molecular complexity index is 1480. The van der Waals surface area contributed by atoms with Crippen LogP contribution in [0.15, 0.2) is 46.6 Å². The fraction of sp³-hybridized carbons (Fsp3) is 0.346. The molecule has 1 fully saturated rings. The Morgan fingerprint density at radius 2 is 2.11 bits per heavy atom. The summed E-state index contributed by atoms with van der Waals surface area (Å²) in [6.45, 7) is 7.17. The number of thioether (sulfide) groups is 1. The van der Waals surface area contributed by atoms with E-state index >= 15 is 0 Å². The lowest BCUT2D eigenvalue weighted by molar-refractivity contribution is -0.126. The molecule has 0 spiro atoms. The van der Waals surface area contributed by atoms with Crippen LogP contribution < -0.4 is 10.6 Å². The van der Waals surface area contributed by atoms with Crippen LogP contribution in [0.2, 0.25) is 5.02 Å². The minimum Gasteiger partial charge on any atom is -0.383 e. The van der Waals surface area contributed by atoms with Gasteiger partial charge in [0.25, 0.3) is 0 Å². The van der Waals surface area contributed by atoms with E-state index in [1.807, 2.05) is 11.8 Å². The maximum Gasteiger partial charge on any atom is 0.350 e. The predicted molar refractivity (Wildman–Crippen MR) is 142 cm³/mol. The molecule has 11 heteroatoms. The van der Waals surface area contributed by atoms with Crippen molar-refractivity contribution in [2.75, 3.05) is 44.0 Å². The van der Waals surface area contributed by atoms with Crippen LogP contribution in [0.1, 0.15) is 13.0 Å². The van der Waals surface area contributed by atoms with E-state index in [9.17, 15) is 18.4 Å². The number of carbonyl (C=O) groups is 1. The predicted octanol–water partition coefficient (Wildman–Crippen LogP) is 4.51. The highest BCUT2D eigenvalue weighted by Crippen LogP contribution is 2.48. The Kier molecular flexibility index (Phi) is 6.99. The van der Waals surface area contributed by atoms with Crippen molar-refractivity contribution in [3.63, 3.8) is 0 Å². The lowest BCUT2D eigenvalue weighted by Crippen LogP contribution is -2.54. The van der Waals surface area contributed by atoms with Crippen LogP contribution in [0.25, 0.3) is 22.0 Å². The summed E-state index contributed by atoms with van der Waals surface area (Å²) in [4.78, 5) is 34.5. The second kappa shape index (κ2) is 10.1. The number of nitrogens with zero attached hydrogens (tertiary/aromatic N) is 4. The zero-order chi connectivity index (χ0) is 26.4. The van der Waals surface area contributed by atoms with Crippen LogP contribution in [0, 0.1) is 11.6 Å². The minimum absolute atomic E-state index is 0.134. The molecule has 37 heavy (non-hydrogen) atoms. The SMILES string of the molecule is C=CC(=O)N1CCN(c2nc(=O)n3c4c(c(-c5ccc(F)cc5F)c(Cl)cc24)SC[C@@H]3COC)[C@@H](C)C1. The van der Waals surface area contributed by atoms with Gasteiger partial charge in [-0.1, -0.05) is 18.2 Å². The molecule has 0 aliphatic carbocycles. The summed E-state index contributed by atoms with van der Waals surface area (Å²) in [5.41, 5.74) is 0.708. The second-order valence-corrected chi connectivity index (χ2v) is 10.6. The van der Waals surface area contributed by atoms with Crippen molar-refractivity contribution >= 4 is 46.0 Å². The maximum absolute atomic E-state index is 14.9. The average Bonchev–Trinajstić information content (AvgIpc) is 2.87. The number of carbonyl (C=O) groups excluding carboxylic acids is 1. The summed E-state index contributed by atoms with van der Waals surface area (Å²) in [6, 6.07) is 4.64. The Morgan fingerprint density at radius 3 is 2.78 bits per heavy atom. The molecular weight excluding hydrogens is 522 g/mol. The number of hydrogen-bond donors (Lipinski definition) is 0. The molecule has 7 nitrogen and oxygen atoms in total. The fourth-order valence-corrected chi connectivity index (χ4v) is 6.81. The van der Waals surface area contributed by atoms with Crippen molar-refractivity contribution in [3.8, 4) is 11.1 Å². The molecule has 0 N–H and O–H groups in total. The number of halogens is 3. The molecule has 2 atom stereocenters. The smallest absolute Gasteiger partial charge is 0.350 e. The van der Waals surface area contributed by atoms with Gasteiger partial charge < -0.3 is 14.5 Å². The van der Waals surface area contributed by atoms with E-state index in [0.717, 1.165) is 6.07 Å². The first-order valence-electron chi connectivity index (χ1n) is 11.8. The second-order valence-electron chi connectivity index (χ2n) is 9.12. The van der Waals surface area contributed by atoms with Gasteiger partial charge in [-0.15, -0.1) is 11.8 Å². The Hall–Kier alpha value is -2.95. The molecule has 2 aromatic carbocycles. The Morgan fingerprint density at radius 1 is 1.32 bits per heavy atom. The zero-order valence-corrected chi connectivity index (χ0v) is 21.9. The van der Waals surface area contributed by atoms with Crippen LogP contribution >= 0.6 is 23.4 Å². The van der Waals surface area contributed by atoms with Crippen LogP contribution in [-0.4, -0.2) is 65.5 Å². The van der Waals surface area contributed by atoms with Gasteiger partial charge in [-0.3, -0.25) is 9.36 Å². The van der Waals surface area contributed by atoms with Crippen LogP contribution in [0.5, 0.6) is 0 Å². The monoisotopic (exact) mass is 546 g/mol. The molecule has 3 aromatic rings. The Balaban J connectivity index is 1.75. The summed E-state index contributed by atoms with van der Waals surface area (Å²) >= 11 is 8.24. The minimum atomic E-state index is -0.739. The summed E-state index contributed by atoms with van der Waals surface area (Å²) in [7, 11) is 1.57. The molecule has 3 heterocycles. The number of hydrogen-bond acceptors (Lipinski definition) is 6. The molecule has 0 bridgehead atoms. The number of amides is 1. The molecule has 1 amide bonds. The molecule has 0 unspecified atom stereocenters. The molecule has 0 saturated carbocycles. The van der Waals surface area contributed by atoms with Crippen molar-refractivity contribution in [3.05, 3.63) is 64.1 Å². The number of aromatic nitrogens is 2. The molecule has 2 aliphatic rings. The van der Waals surface area contributed by atoms with E-state index in [2.05, 4.69) is 11.6 Å². The highest BCUT2D eigenvalue weighted by atomic mass is 35.5. The number of methoxy groups -OCH3 is 1. The third-order valence-corrected chi connectivity index (χ3v) is 8.36. The highest BCUT2D eigenvalue weighted by molar-refractivity contribution is 7.99. The zero-order valence-electron chi connectivity index (χ0n) is 20.3. The van der Waals surface area contributed by atoms with Crippen molar-refractivity contribution in [2.45, 2.75) is 23.9 Å². The van der Waals surface area contributed by atoms with E-state index in [4.69, 9.17) is 16.3 Å². The summed E-state index contributed by atoms with van der Waals surface area (Å²) in [5.74, 6) is -0.624. The number of anilines is 1. The van der Waals surface area contributed by atoms with E-state index in [1.165, 1.54) is 30.0 Å². The molecule has 0 radical (unpaired) electrons. The quantitative estimate of drug-likeness (QED) is 0.439. The van der Waals surface area contributed by atoms with Gasteiger partial charge >= 0.3 is 5.69 Å². The van der Waals surface area contributed by atoms with Crippen molar-refractivity contribution < 1.29 is 18.3 Å². The molecule has 1 saturated heterocycles. The van der Waals surface area contributed by atoms with Crippen LogP contribution in [0.4, 0.5) is 14.6 Å². The van der Waals surface area contributed by atoms with Gasteiger partial charge in [0.05, 0.1) is 23.2 Å². The van der Waals surface area contributed by atoms with Crippen molar-refractivity contribution in [2.24, 2.45) is 0 Å². The van der Waals surface area contributed by atoms with Gasteiger partial charge in [0.15, 0.2) is 0 Å². The van der Waals surface area contributed by atoms with E-state index in [-0.39, 0.29) is 28.6 Å². The van der Waals surface area contributed by atoms with Crippen molar-refractivity contribution in [1.29, 1.82) is 0 Å².